The standard InChI is InChI=1S/C13H14F6N2O/c1-7-4-5-9(6-8(7)2)20-10(22)21-11(3,12(14,15)16)13(17,18)19/h4-6H,1-3H3,(H2,20,21,22). The van der Waals surface area contributed by atoms with Gasteiger partial charge in [-0.3, -0.25) is 0 Å². The Labute approximate surface area is 122 Å². The van der Waals surface area contributed by atoms with Gasteiger partial charge in [-0.05, 0) is 44.0 Å². The first kappa shape index (κ1) is 18.1. The average Bonchev–Trinajstić information content (AvgIpc) is 2.30. The van der Waals surface area contributed by atoms with E-state index in [-0.39, 0.29) is 12.6 Å². The summed E-state index contributed by atoms with van der Waals surface area (Å²) in [5.41, 5.74) is -2.66. The van der Waals surface area contributed by atoms with Crippen molar-refractivity contribution in [2.75, 3.05) is 5.32 Å². The van der Waals surface area contributed by atoms with Gasteiger partial charge >= 0.3 is 18.4 Å². The number of carbonyl (C=O) groups excluding carboxylic acids is 1. The molecule has 1 rings (SSSR count). The number of nitrogens with one attached hydrogen (secondary N) is 2. The third-order valence-electron chi connectivity index (χ3n) is 3.26. The molecule has 0 aliphatic rings. The van der Waals surface area contributed by atoms with Crippen LogP contribution in [0.1, 0.15) is 18.1 Å². The van der Waals surface area contributed by atoms with Crippen molar-refractivity contribution in [2.24, 2.45) is 0 Å². The summed E-state index contributed by atoms with van der Waals surface area (Å²) in [5, 5.41) is 2.92. The molecule has 0 saturated heterocycles. The fourth-order valence-corrected chi connectivity index (χ4v) is 1.51. The largest absolute Gasteiger partial charge is 0.420 e. The van der Waals surface area contributed by atoms with E-state index in [9.17, 15) is 31.1 Å². The lowest BCUT2D eigenvalue weighted by Gasteiger charge is -2.34. The van der Waals surface area contributed by atoms with E-state index in [0.29, 0.717) is 0 Å². The minimum atomic E-state index is -5.69. The molecule has 0 aromatic heterocycles. The van der Waals surface area contributed by atoms with Crippen LogP contribution >= 0.6 is 0 Å². The van der Waals surface area contributed by atoms with Crippen LogP contribution in [0, 0.1) is 13.8 Å². The molecule has 22 heavy (non-hydrogen) atoms. The number of halogens is 6. The molecule has 9 heteroatoms. The van der Waals surface area contributed by atoms with E-state index in [2.05, 4.69) is 0 Å². The molecular weight excluding hydrogens is 314 g/mol. The van der Waals surface area contributed by atoms with E-state index in [1.54, 1.807) is 19.9 Å². The maximum Gasteiger partial charge on any atom is 0.420 e. The van der Waals surface area contributed by atoms with E-state index in [1.807, 2.05) is 5.32 Å². The molecule has 124 valence electrons. The van der Waals surface area contributed by atoms with Gasteiger partial charge in [0.2, 0.25) is 5.54 Å². The van der Waals surface area contributed by atoms with E-state index >= 15 is 0 Å². The molecule has 0 saturated carbocycles. The van der Waals surface area contributed by atoms with Crippen molar-refractivity contribution >= 4 is 11.7 Å². The van der Waals surface area contributed by atoms with Crippen molar-refractivity contribution in [3.05, 3.63) is 29.3 Å². The summed E-state index contributed by atoms with van der Waals surface area (Å²) in [5.74, 6) is 0. The van der Waals surface area contributed by atoms with Gasteiger partial charge in [0, 0.05) is 5.69 Å². The number of alkyl halides is 6. The van der Waals surface area contributed by atoms with Crippen molar-refractivity contribution in [1.82, 2.24) is 5.32 Å². The van der Waals surface area contributed by atoms with E-state index in [1.165, 1.54) is 12.1 Å². The first-order valence-corrected chi connectivity index (χ1v) is 6.08. The van der Waals surface area contributed by atoms with Gasteiger partial charge in [0.15, 0.2) is 0 Å². The summed E-state index contributed by atoms with van der Waals surface area (Å²) in [6.07, 6.45) is -11.4. The Bertz CT molecular complexity index is 551. The second-order valence-corrected chi connectivity index (χ2v) is 5.00. The Morgan fingerprint density at radius 2 is 1.45 bits per heavy atom. The van der Waals surface area contributed by atoms with Crippen LogP contribution in [0.15, 0.2) is 18.2 Å². The highest BCUT2D eigenvalue weighted by molar-refractivity contribution is 5.90. The van der Waals surface area contributed by atoms with Crippen molar-refractivity contribution in [3.63, 3.8) is 0 Å². The molecule has 2 N–H and O–H groups in total. The first-order valence-electron chi connectivity index (χ1n) is 6.08. The van der Waals surface area contributed by atoms with Crippen LogP contribution in [-0.2, 0) is 0 Å². The smallest absolute Gasteiger partial charge is 0.316 e. The molecule has 0 spiro atoms. The molecule has 0 heterocycles. The number of amides is 2. The van der Waals surface area contributed by atoms with E-state index in [0.717, 1.165) is 16.4 Å². The minimum absolute atomic E-state index is 0.0901. The highest BCUT2D eigenvalue weighted by atomic mass is 19.4. The summed E-state index contributed by atoms with van der Waals surface area (Å²) < 4.78 is 75.9. The molecule has 3 nitrogen and oxygen atoms in total. The topological polar surface area (TPSA) is 41.1 Å². The fraction of sp³-hybridized carbons (Fsp3) is 0.462. The number of hydrogen-bond donors (Lipinski definition) is 2. The third kappa shape index (κ3) is 3.63. The van der Waals surface area contributed by atoms with Gasteiger partial charge in [-0.15, -0.1) is 0 Å². The molecule has 0 radical (unpaired) electrons. The number of rotatable bonds is 2. The fourth-order valence-electron chi connectivity index (χ4n) is 1.51. The number of carbonyl (C=O) groups is 1. The molecular formula is C13H14F6N2O. The summed E-state index contributed by atoms with van der Waals surface area (Å²) >= 11 is 0. The average molecular weight is 328 g/mol. The van der Waals surface area contributed by atoms with Gasteiger partial charge in [0.1, 0.15) is 0 Å². The lowest BCUT2D eigenvalue weighted by atomic mass is 10.0. The Morgan fingerprint density at radius 3 is 1.86 bits per heavy atom. The SMILES string of the molecule is Cc1ccc(NC(=O)NC(C)(C(F)(F)F)C(F)(F)F)cc1C. The van der Waals surface area contributed by atoms with Gasteiger partial charge in [0.25, 0.3) is 0 Å². The monoisotopic (exact) mass is 328 g/mol. The molecule has 0 aliphatic carbocycles. The van der Waals surface area contributed by atoms with Crippen molar-refractivity contribution in [1.29, 1.82) is 0 Å². The Kier molecular flexibility index (Phi) is 4.69. The van der Waals surface area contributed by atoms with Crippen molar-refractivity contribution in [3.8, 4) is 0 Å². The Hall–Kier alpha value is -1.93. The van der Waals surface area contributed by atoms with Gasteiger partial charge in [0.05, 0.1) is 0 Å². The zero-order chi connectivity index (χ0) is 17.3. The predicted molar refractivity (Wildman–Crippen MR) is 68.6 cm³/mol. The van der Waals surface area contributed by atoms with Crippen LogP contribution in [0.4, 0.5) is 36.8 Å². The van der Waals surface area contributed by atoms with Crippen LogP contribution < -0.4 is 10.6 Å². The summed E-state index contributed by atoms with van der Waals surface area (Å²) in [6, 6.07) is 2.80. The highest BCUT2D eigenvalue weighted by Crippen LogP contribution is 2.42. The Balaban J connectivity index is 2.96. The van der Waals surface area contributed by atoms with Crippen LogP contribution in [0.25, 0.3) is 0 Å². The molecule has 0 fully saturated rings. The van der Waals surface area contributed by atoms with E-state index in [4.69, 9.17) is 0 Å². The highest BCUT2D eigenvalue weighted by Gasteiger charge is 2.68. The number of hydrogen-bond acceptors (Lipinski definition) is 1. The van der Waals surface area contributed by atoms with Crippen LogP contribution in [0.2, 0.25) is 0 Å². The molecule has 0 aliphatic heterocycles. The maximum absolute atomic E-state index is 12.7. The zero-order valence-corrected chi connectivity index (χ0v) is 11.9. The number of anilines is 1. The van der Waals surface area contributed by atoms with Gasteiger partial charge in [-0.2, -0.15) is 26.3 Å². The maximum atomic E-state index is 12.7. The summed E-state index contributed by atoms with van der Waals surface area (Å²) in [4.78, 5) is 11.5. The predicted octanol–water partition coefficient (Wildman–Crippen LogP) is 4.31. The summed E-state index contributed by atoms with van der Waals surface area (Å²) in [6.45, 7) is 3.32. The number of aryl methyl sites for hydroxylation is 2. The molecule has 1 aromatic carbocycles. The second-order valence-electron chi connectivity index (χ2n) is 5.00. The molecule has 0 atom stereocenters. The lowest BCUT2D eigenvalue weighted by Crippen LogP contribution is -2.66. The number of urea groups is 1. The van der Waals surface area contributed by atoms with Crippen LogP contribution in [-0.4, -0.2) is 23.9 Å². The lowest BCUT2D eigenvalue weighted by molar-refractivity contribution is -0.297. The third-order valence-corrected chi connectivity index (χ3v) is 3.26. The Morgan fingerprint density at radius 1 is 0.955 bits per heavy atom. The normalized spacial score (nSPS) is 13.0. The quantitative estimate of drug-likeness (QED) is 0.781. The van der Waals surface area contributed by atoms with Crippen molar-refractivity contribution < 1.29 is 31.1 Å². The van der Waals surface area contributed by atoms with E-state index < -0.39 is 23.9 Å². The summed E-state index contributed by atoms with van der Waals surface area (Å²) in [7, 11) is 0. The zero-order valence-electron chi connectivity index (χ0n) is 11.9. The molecule has 1 aromatic rings. The second kappa shape index (κ2) is 5.69. The van der Waals surface area contributed by atoms with Gasteiger partial charge in [-0.25, -0.2) is 4.79 Å². The van der Waals surface area contributed by atoms with Crippen LogP contribution in [0.5, 0.6) is 0 Å². The first-order chi connectivity index (χ1) is 9.78. The van der Waals surface area contributed by atoms with Gasteiger partial charge < -0.3 is 10.6 Å². The van der Waals surface area contributed by atoms with Crippen molar-refractivity contribution in [2.45, 2.75) is 38.7 Å². The molecule has 2 amide bonds. The molecule has 0 unspecified atom stereocenters. The number of benzene rings is 1. The van der Waals surface area contributed by atoms with Crippen LogP contribution in [0.3, 0.4) is 0 Å². The minimum Gasteiger partial charge on any atom is -0.316 e. The molecule has 0 bridgehead atoms. The van der Waals surface area contributed by atoms with Gasteiger partial charge in [-0.1, -0.05) is 6.07 Å².